The highest BCUT2D eigenvalue weighted by Crippen LogP contribution is 2.32. The Morgan fingerprint density at radius 2 is 2.21 bits per heavy atom. The first-order chi connectivity index (χ1) is 6.43. The van der Waals surface area contributed by atoms with E-state index in [0.29, 0.717) is 6.07 Å². The Kier molecular flexibility index (Phi) is 2.45. The normalized spacial score (nSPS) is 10.5. The first-order valence-corrected chi connectivity index (χ1v) is 3.35. The third-order valence-electron chi connectivity index (χ3n) is 1.45. The predicted molar refractivity (Wildman–Crippen MR) is 41.9 cm³/mol. The van der Waals surface area contributed by atoms with Crippen LogP contribution in [0.1, 0.15) is 12.0 Å². The van der Waals surface area contributed by atoms with Crippen LogP contribution in [0.4, 0.5) is 20.4 Å². The molecule has 76 valence electrons. The number of nitrogen functional groups attached to an aromatic ring is 1. The van der Waals surface area contributed by atoms with Gasteiger partial charge >= 0.3 is 5.82 Å². The Morgan fingerprint density at radius 1 is 1.64 bits per heavy atom. The number of halogens is 2. The number of rotatable bonds is 2. The molecule has 1 aromatic rings. The minimum Gasteiger partial charge on any atom is -0.501 e. The first-order valence-electron chi connectivity index (χ1n) is 3.35. The zero-order valence-corrected chi connectivity index (χ0v) is 6.65. The van der Waals surface area contributed by atoms with Crippen molar-refractivity contribution >= 4 is 11.6 Å². The fourth-order valence-electron chi connectivity index (χ4n) is 0.831. The Balaban J connectivity index is 3.31. The van der Waals surface area contributed by atoms with E-state index in [0.717, 1.165) is 0 Å². The Morgan fingerprint density at radius 3 is 2.64 bits per heavy atom. The second-order valence-electron chi connectivity index (χ2n) is 2.36. The van der Waals surface area contributed by atoms with Crippen LogP contribution in [0.2, 0.25) is 0 Å². The van der Waals surface area contributed by atoms with Crippen molar-refractivity contribution in [2.45, 2.75) is 6.43 Å². The standard InChI is InChI=1S/C6H5F2N3O3/c7-4(8)2-1-3(12)6(11(13)14)10-5(2)9/h1,4,12H,(H2,9,10). The van der Waals surface area contributed by atoms with Crippen LogP contribution in [0.25, 0.3) is 0 Å². The van der Waals surface area contributed by atoms with Gasteiger partial charge in [-0.05, 0) is 9.91 Å². The fraction of sp³-hybridized carbons (Fsp3) is 0.167. The Bertz CT molecular complexity index is 383. The van der Waals surface area contributed by atoms with E-state index in [4.69, 9.17) is 10.8 Å². The summed E-state index contributed by atoms with van der Waals surface area (Å²) in [5.74, 6) is -2.53. The van der Waals surface area contributed by atoms with Crippen LogP contribution in [-0.4, -0.2) is 15.0 Å². The van der Waals surface area contributed by atoms with Gasteiger partial charge in [-0.1, -0.05) is 0 Å². The molecule has 0 bridgehead atoms. The van der Waals surface area contributed by atoms with E-state index in [-0.39, 0.29) is 0 Å². The monoisotopic (exact) mass is 205 g/mol. The average molecular weight is 205 g/mol. The highest BCUT2D eigenvalue weighted by molar-refractivity contribution is 5.52. The Hall–Kier alpha value is -1.99. The molecule has 1 rings (SSSR count). The third kappa shape index (κ3) is 1.68. The molecule has 0 spiro atoms. The third-order valence-corrected chi connectivity index (χ3v) is 1.45. The van der Waals surface area contributed by atoms with Gasteiger partial charge in [-0.3, -0.25) is 0 Å². The molecule has 0 saturated heterocycles. The molecule has 6 nitrogen and oxygen atoms in total. The summed E-state index contributed by atoms with van der Waals surface area (Å²) in [7, 11) is 0. The molecule has 1 heterocycles. The minimum absolute atomic E-state index is 0.533. The zero-order chi connectivity index (χ0) is 10.9. The second kappa shape index (κ2) is 3.40. The molecular weight excluding hydrogens is 200 g/mol. The lowest BCUT2D eigenvalue weighted by Gasteiger charge is -2.01. The highest BCUT2D eigenvalue weighted by Gasteiger charge is 2.24. The van der Waals surface area contributed by atoms with Crippen molar-refractivity contribution in [1.29, 1.82) is 0 Å². The first kappa shape index (κ1) is 10.1. The largest absolute Gasteiger partial charge is 0.501 e. The summed E-state index contributed by atoms with van der Waals surface area (Å²) >= 11 is 0. The summed E-state index contributed by atoms with van der Waals surface area (Å²) in [6.45, 7) is 0. The van der Waals surface area contributed by atoms with Crippen LogP contribution in [0, 0.1) is 10.1 Å². The van der Waals surface area contributed by atoms with Gasteiger partial charge in [-0.25, -0.2) is 8.78 Å². The molecule has 1 aromatic heterocycles. The van der Waals surface area contributed by atoms with Crippen LogP contribution in [0.15, 0.2) is 6.07 Å². The van der Waals surface area contributed by atoms with E-state index >= 15 is 0 Å². The molecule has 0 aliphatic heterocycles. The number of hydrogen-bond acceptors (Lipinski definition) is 5. The van der Waals surface area contributed by atoms with Crippen molar-refractivity contribution < 1.29 is 18.8 Å². The highest BCUT2D eigenvalue weighted by atomic mass is 19.3. The van der Waals surface area contributed by atoms with Gasteiger partial charge in [-0.15, -0.1) is 0 Å². The van der Waals surface area contributed by atoms with Crippen molar-refractivity contribution in [3.63, 3.8) is 0 Å². The minimum atomic E-state index is -2.94. The summed E-state index contributed by atoms with van der Waals surface area (Å²) in [6.07, 6.45) is -2.94. The fourth-order valence-corrected chi connectivity index (χ4v) is 0.831. The predicted octanol–water partition coefficient (Wildman–Crippen LogP) is 1.22. The number of nitrogens with two attached hydrogens (primary N) is 1. The van der Waals surface area contributed by atoms with Crippen molar-refractivity contribution in [3.8, 4) is 5.75 Å². The molecule has 0 unspecified atom stereocenters. The maximum absolute atomic E-state index is 12.1. The number of nitrogens with zero attached hydrogens (tertiary/aromatic N) is 2. The zero-order valence-electron chi connectivity index (χ0n) is 6.65. The molecule has 0 aliphatic carbocycles. The van der Waals surface area contributed by atoms with E-state index in [1.54, 1.807) is 0 Å². The number of aromatic nitrogens is 1. The van der Waals surface area contributed by atoms with Crippen LogP contribution < -0.4 is 5.73 Å². The Labute approximate surface area is 76.1 Å². The molecule has 14 heavy (non-hydrogen) atoms. The number of aromatic hydroxyl groups is 1. The van der Waals surface area contributed by atoms with Gasteiger partial charge in [0.05, 0.1) is 5.56 Å². The molecule has 0 fully saturated rings. The van der Waals surface area contributed by atoms with Gasteiger partial charge in [-0.2, -0.15) is 0 Å². The number of alkyl halides is 2. The molecule has 0 atom stereocenters. The summed E-state index contributed by atoms with van der Waals surface area (Å²) in [6, 6.07) is 0.533. The van der Waals surface area contributed by atoms with Crippen LogP contribution in [0.3, 0.4) is 0 Å². The molecule has 3 N–H and O–H groups in total. The summed E-state index contributed by atoms with van der Waals surface area (Å²) in [5, 5.41) is 19.1. The molecule has 0 saturated carbocycles. The topological polar surface area (TPSA) is 102 Å². The lowest BCUT2D eigenvalue weighted by Crippen LogP contribution is -2.02. The molecule has 0 aliphatic rings. The number of hydrogen-bond donors (Lipinski definition) is 2. The van der Waals surface area contributed by atoms with Crippen LogP contribution >= 0.6 is 0 Å². The van der Waals surface area contributed by atoms with E-state index in [2.05, 4.69) is 4.98 Å². The average Bonchev–Trinajstić information content (AvgIpc) is 2.07. The van der Waals surface area contributed by atoms with Gasteiger partial charge < -0.3 is 21.0 Å². The second-order valence-corrected chi connectivity index (χ2v) is 2.36. The lowest BCUT2D eigenvalue weighted by atomic mass is 10.2. The molecule has 0 aromatic carbocycles. The van der Waals surface area contributed by atoms with Gasteiger partial charge in [0, 0.05) is 6.07 Å². The van der Waals surface area contributed by atoms with Gasteiger partial charge in [0.15, 0.2) is 0 Å². The summed E-state index contributed by atoms with van der Waals surface area (Å²) < 4.78 is 24.3. The SMILES string of the molecule is Nc1nc([N+](=O)[O-])c(O)cc1C(F)F. The lowest BCUT2D eigenvalue weighted by molar-refractivity contribution is -0.390. The molecule has 0 amide bonds. The van der Waals surface area contributed by atoms with Gasteiger partial charge in [0.2, 0.25) is 11.6 Å². The van der Waals surface area contributed by atoms with Crippen molar-refractivity contribution in [3.05, 3.63) is 21.7 Å². The van der Waals surface area contributed by atoms with Crippen LogP contribution in [0.5, 0.6) is 5.75 Å². The molecule has 0 radical (unpaired) electrons. The van der Waals surface area contributed by atoms with E-state index < -0.39 is 34.3 Å². The number of anilines is 1. The van der Waals surface area contributed by atoms with E-state index in [1.165, 1.54) is 0 Å². The van der Waals surface area contributed by atoms with Crippen molar-refractivity contribution in [1.82, 2.24) is 4.98 Å². The quantitative estimate of drug-likeness (QED) is 0.558. The summed E-state index contributed by atoms with van der Waals surface area (Å²) in [5.41, 5.74) is 4.29. The van der Waals surface area contributed by atoms with E-state index in [1.807, 2.05) is 0 Å². The van der Waals surface area contributed by atoms with Crippen LogP contribution in [-0.2, 0) is 0 Å². The van der Waals surface area contributed by atoms with Gasteiger partial charge in [0.25, 0.3) is 6.43 Å². The maximum Gasteiger partial charge on any atom is 0.408 e. The van der Waals surface area contributed by atoms with Gasteiger partial charge in [0.1, 0.15) is 0 Å². The van der Waals surface area contributed by atoms with Crippen molar-refractivity contribution in [2.24, 2.45) is 0 Å². The van der Waals surface area contributed by atoms with Crippen molar-refractivity contribution in [2.75, 3.05) is 5.73 Å². The maximum atomic E-state index is 12.1. The molecular formula is C6H5F2N3O3. The summed E-state index contributed by atoms with van der Waals surface area (Å²) in [4.78, 5) is 12.2. The molecule has 8 heteroatoms. The number of nitro groups is 1. The smallest absolute Gasteiger partial charge is 0.408 e. The van der Waals surface area contributed by atoms with E-state index in [9.17, 15) is 18.9 Å². The number of pyridine rings is 1.